The fourth-order valence-electron chi connectivity index (χ4n) is 2.81. The largest absolute Gasteiger partial charge is 0.485 e. The van der Waals surface area contributed by atoms with Gasteiger partial charge < -0.3 is 14.2 Å². The topological polar surface area (TPSA) is 61.8 Å². The average molecular weight is 348 g/mol. The Balaban J connectivity index is 1.38. The molecule has 0 saturated carbocycles. The number of ketones is 1. The first-order valence-corrected chi connectivity index (χ1v) is 8.28. The second kappa shape index (κ2) is 6.88. The van der Waals surface area contributed by atoms with E-state index in [-0.39, 0.29) is 19.0 Å². The third kappa shape index (κ3) is 3.24. The molecule has 5 nitrogen and oxygen atoms in total. The molecular formula is C21H16O5. The predicted octanol–water partition coefficient (Wildman–Crippen LogP) is 3.41. The molecule has 4 rings (SSSR count). The molecule has 1 heterocycles. The molecule has 5 heteroatoms. The van der Waals surface area contributed by atoms with Gasteiger partial charge in [-0.15, -0.1) is 0 Å². The van der Waals surface area contributed by atoms with Crippen molar-refractivity contribution in [3.8, 4) is 11.5 Å². The van der Waals surface area contributed by atoms with Crippen LogP contribution in [0.4, 0.5) is 0 Å². The SMILES string of the molecule is O=C(COC(=O)C1COc2ccccc2O1)c1ccc2ccccc2c1. The van der Waals surface area contributed by atoms with Crippen LogP contribution in [0.2, 0.25) is 0 Å². The highest BCUT2D eigenvalue weighted by atomic mass is 16.6. The molecular weight excluding hydrogens is 332 g/mol. The van der Waals surface area contributed by atoms with Crippen molar-refractivity contribution in [2.24, 2.45) is 0 Å². The van der Waals surface area contributed by atoms with Gasteiger partial charge >= 0.3 is 5.97 Å². The molecule has 1 aliphatic rings. The summed E-state index contributed by atoms with van der Waals surface area (Å²) in [5, 5.41) is 2.01. The fraction of sp³-hybridized carbons (Fsp3) is 0.143. The van der Waals surface area contributed by atoms with Crippen LogP contribution in [-0.2, 0) is 9.53 Å². The van der Waals surface area contributed by atoms with Crippen molar-refractivity contribution < 1.29 is 23.8 Å². The Morgan fingerprint density at radius 2 is 1.65 bits per heavy atom. The Labute approximate surface area is 150 Å². The minimum absolute atomic E-state index is 0.0556. The number of ether oxygens (including phenoxy) is 3. The minimum atomic E-state index is -0.880. The van der Waals surface area contributed by atoms with Crippen molar-refractivity contribution in [1.29, 1.82) is 0 Å². The molecule has 1 unspecified atom stereocenters. The van der Waals surface area contributed by atoms with Gasteiger partial charge in [0.25, 0.3) is 0 Å². The van der Waals surface area contributed by atoms with Gasteiger partial charge in [0.2, 0.25) is 6.10 Å². The highest BCUT2D eigenvalue weighted by molar-refractivity contribution is 6.01. The zero-order valence-electron chi connectivity index (χ0n) is 13.9. The summed E-state index contributed by atoms with van der Waals surface area (Å²) in [4.78, 5) is 24.5. The number of carbonyl (C=O) groups is 2. The third-order valence-corrected chi connectivity index (χ3v) is 4.19. The number of benzene rings is 3. The number of para-hydroxylation sites is 2. The lowest BCUT2D eigenvalue weighted by atomic mass is 10.0. The van der Waals surface area contributed by atoms with Gasteiger partial charge in [-0.3, -0.25) is 4.79 Å². The molecule has 0 aliphatic carbocycles. The molecule has 0 bridgehead atoms. The van der Waals surface area contributed by atoms with E-state index in [4.69, 9.17) is 14.2 Å². The van der Waals surface area contributed by atoms with Crippen LogP contribution in [0, 0.1) is 0 Å². The first-order chi connectivity index (χ1) is 12.7. The molecule has 0 saturated heterocycles. The molecule has 0 amide bonds. The average Bonchev–Trinajstić information content (AvgIpc) is 2.71. The van der Waals surface area contributed by atoms with E-state index >= 15 is 0 Å². The molecule has 0 radical (unpaired) electrons. The number of esters is 1. The molecule has 130 valence electrons. The van der Waals surface area contributed by atoms with Gasteiger partial charge in [-0.25, -0.2) is 4.79 Å². The molecule has 3 aromatic rings. The summed E-state index contributed by atoms with van der Waals surface area (Å²) in [5.74, 6) is 0.195. The lowest BCUT2D eigenvalue weighted by molar-refractivity contribution is -0.153. The molecule has 26 heavy (non-hydrogen) atoms. The second-order valence-corrected chi connectivity index (χ2v) is 5.96. The maximum atomic E-state index is 12.3. The van der Waals surface area contributed by atoms with Crippen LogP contribution in [0.1, 0.15) is 10.4 Å². The Hall–Kier alpha value is -3.34. The molecule has 3 aromatic carbocycles. The molecule has 1 aliphatic heterocycles. The molecule has 0 N–H and O–H groups in total. The van der Waals surface area contributed by atoms with E-state index in [1.807, 2.05) is 36.4 Å². The van der Waals surface area contributed by atoms with Gasteiger partial charge in [0, 0.05) is 5.56 Å². The zero-order chi connectivity index (χ0) is 17.9. The monoisotopic (exact) mass is 348 g/mol. The minimum Gasteiger partial charge on any atom is -0.485 e. The molecule has 0 fully saturated rings. The van der Waals surface area contributed by atoms with Gasteiger partial charge in [-0.05, 0) is 29.0 Å². The van der Waals surface area contributed by atoms with E-state index in [0.29, 0.717) is 17.1 Å². The smallest absolute Gasteiger partial charge is 0.351 e. The van der Waals surface area contributed by atoms with E-state index < -0.39 is 12.1 Å². The summed E-state index contributed by atoms with van der Waals surface area (Å²) in [7, 11) is 0. The number of carbonyl (C=O) groups excluding carboxylic acids is 2. The molecule has 0 spiro atoms. The number of rotatable bonds is 4. The second-order valence-electron chi connectivity index (χ2n) is 5.96. The fourth-order valence-corrected chi connectivity index (χ4v) is 2.81. The van der Waals surface area contributed by atoms with E-state index in [2.05, 4.69) is 0 Å². The van der Waals surface area contributed by atoms with Crippen LogP contribution in [-0.4, -0.2) is 31.1 Å². The highest BCUT2D eigenvalue weighted by Gasteiger charge is 2.29. The van der Waals surface area contributed by atoms with E-state index in [9.17, 15) is 9.59 Å². The van der Waals surface area contributed by atoms with Crippen molar-refractivity contribution in [2.45, 2.75) is 6.10 Å². The van der Waals surface area contributed by atoms with E-state index in [0.717, 1.165) is 10.8 Å². The van der Waals surface area contributed by atoms with Gasteiger partial charge in [-0.1, -0.05) is 48.5 Å². The van der Waals surface area contributed by atoms with Crippen LogP contribution in [0.15, 0.2) is 66.7 Å². The van der Waals surface area contributed by atoms with E-state index in [1.165, 1.54) is 0 Å². The Kier molecular flexibility index (Phi) is 4.27. The quantitative estimate of drug-likeness (QED) is 0.534. The Morgan fingerprint density at radius 1 is 0.923 bits per heavy atom. The molecule has 1 atom stereocenters. The summed E-state index contributed by atoms with van der Waals surface area (Å²) in [6, 6.07) is 20.3. The van der Waals surface area contributed by atoms with Gasteiger partial charge in [0.15, 0.2) is 23.9 Å². The van der Waals surface area contributed by atoms with Crippen LogP contribution in [0.25, 0.3) is 10.8 Å². The number of fused-ring (bicyclic) bond motifs is 2. The van der Waals surface area contributed by atoms with Crippen LogP contribution in [0.3, 0.4) is 0 Å². The van der Waals surface area contributed by atoms with Crippen molar-refractivity contribution in [3.05, 3.63) is 72.3 Å². The predicted molar refractivity (Wildman–Crippen MR) is 95.6 cm³/mol. The third-order valence-electron chi connectivity index (χ3n) is 4.19. The summed E-state index contributed by atoms with van der Waals surface area (Å²) in [5.41, 5.74) is 0.502. The maximum absolute atomic E-state index is 12.3. The number of Topliss-reactive ketones (excluding diaryl/α,β-unsaturated/α-hetero) is 1. The van der Waals surface area contributed by atoms with Crippen LogP contribution in [0.5, 0.6) is 11.5 Å². The van der Waals surface area contributed by atoms with Gasteiger partial charge in [0.1, 0.15) is 6.61 Å². The Bertz CT molecular complexity index is 979. The summed E-state index contributed by atoms with van der Waals surface area (Å²) >= 11 is 0. The van der Waals surface area contributed by atoms with Crippen molar-refractivity contribution >= 4 is 22.5 Å². The van der Waals surface area contributed by atoms with E-state index in [1.54, 1.807) is 30.3 Å². The van der Waals surface area contributed by atoms with Gasteiger partial charge in [0.05, 0.1) is 0 Å². The first-order valence-electron chi connectivity index (χ1n) is 8.28. The Morgan fingerprint density at radius 3 is 2.50 bits per heavy atom. The van der Waals surface area contributed by atoms with Crippen LogP contribution >= 0.6 is 0 Å². The van der Waals surface area contributed by atoms with Crippen molar-refractivity contribution in [1.82, 2.24) is 0 Å². The zero-order valence-corrected chi connectivity index (χ0v) is 13.9. The highest BCUT2D eigenvalue weighted by Crippen LogP contribution is 2.31. The first kappa shape index (κ1) is 16.1. The molecule has 0 aromatic heterocycles. The lowest BCUT2D eigenvalue weighted by Crippen LogP contribution is -2.38. The van der Waals surface area contributed by atoms with Gasteiger partial charge in [-0.2, -0.15) is 0 Å². The van der Waals surface area contributed by atoms with Crippen LogP contribution < -0.4 is 9.47 Å². The van der Waals surface area contributed by atoms with Crippen molar-refractivity contribution in [2.75, 3.05) is 13.2 Å². The summed E-state index contributed by atoms with van der Waals surface area (Å²) in [6.45, 7) is -0.279. The number of hydrogen-bond donors (Lipinski definition) is 0. The number of hydrogen-bond acceptors (Lipinski definition) is 5. The normalized spacial score (nSPS) is 15.5. The standard InChI is InChI=1S/C21H16O5/c22-17(16-10-9-14-5-1-2-6-15(14)11-16)12-25-21(23)20-13-24-18-7-3-4-8-19(18)26-20/h1-11,20H,12-13H2. The summed E-state index contributed by atoms with van der Waals surface area (Å²) in [6.07, 6.45) is -0.880. The maximum Gasteiger partial charge on any atom is 0.351 e. The van der Waals surface area contributed by atoms with Crippen molar-refractivity contribution in [3.63, 3.8) is 0 Å². The lowest BCUT2D eigenvalue weighted by Gasteiger charge is -2.24. The summed E-state index contributed by atoms with van der Waals surface area (Å²) < 4.78 is 16.2.